The minimum atomic E-state index is 0.0621. The molecule has 0 amide bonds. The molecule has 9 heteroatoms. The summed E-state index contributed by atoms with van der Waals surface area (Å²) in [6, 6.07) is 0. The Morgan fingerprint density at radius 1 is 1.11 bits per heavy atom. The van der Waals surface area contributed by atoms with Crippen LogP contribution in [0.25, 0.3) is 21.7 Å². The molecule has 0 unspecified atom stereocenters. The van der Waals surface area contributed by atoms with Gasteiger partial charge < -0.3 is 0 Å². The molecule has 4 rings (SSSR count). The molecule has 27 heavy (non-hydrogen) atoms. The molecule has 0 spiro atoms. The molecule has 0 aliphatic carbocycles. The zero-order valence-corrected chi connectivity index (χ0v) is 16.4. The maximum absolute atomic E-state index is 12.4. The highest BCUT2D eigenvalue weighted by molar-refractivity contribution is 7.16. The summed E-state index contributed by atoms with van der Waals surface area (Å²) in [4.78, 5) is 30.5. The molecular weight excluding hydrogens is 380 g/mol. The largest absolute Gasteiger partial charge is 0.297 e. The molecule has 0 saturated carbocycles. The van der Waals surface area contributed by atoms with E-state index in [-0.39, 0.29) is 12.3 Å². The second kappa shape index (κ2) is 7.45. The number of Topliss-reactive ketones (excluding diaryl/α,β-unsaturated/α-hetero) is 1. The van der Waals surface area contributed by atoms with E-state index in [4.69, 9.17) is 0 Å². The molecule has 0 aliphatic rings. The van der Waals surface area contributed by atoms with Crippen molar-refractivity contribution in [1.29, 1.82) is 0 Å². The van der Waals surface area contributed by atoms with Crippen molar-refractivity contribution in [3.8, 4) is 21.7 Å². The lowest BCUT2D eigenvalue weighted by Gasteiger charge is -1.99. The van der Waals surface area contributed by atoms with Crippen LogP contribution >= 0.6 is 22.7 Å². The highest BCUT2D eigenvalue weighted by Crippen LogP contribution is 2.30. The first-order chi connectivity index (χ1) is 13.1. The lowest BCUT2D eigenvalue weighted by molar-refractivity contribution is -0.119. The van der Waals surface area contributed by atoms with Gasteiger partial charge >= 0.3 is 0 Å². The first-order valence-electron chi connectivity index (χ1n) is 8.27. The average Bonchev–Trinajstić information content (AvgIpc) is 3.36. The molecule has 0 atom stereocenters. The number of nitrogens with zero attached hydrogens (tertiary/aromatic N) is 6. The summed E-state index contributed by atoms with van der Waals surface area (Å²) >= 11 is 3.13. The number of hydrogen-bond donors (Lipinski definition) is 0. The predicted molar refractivity (Wildman–Crippen MR) is 105 cm³/mol. The third kappa shape index (κ3) is 3.99. The van der Waals surface area contributed by atoms with Crippen molar-refractivity contribution in [2.45, 2.75) is 26.8 Å². The highest BCUT2D eigenvalue weighted by Gasteiger charge is 2.14. The number of carbonyl (C=O) groups is 1. The van der Waals surface area contributed by atoms with Gasteiger partial charge in [-0.1, -0.05) is 0 Å². The second-order valence-electron chi connectivity index (χ2n) is 6.04. The Labute approximate surface area is 163 Å². The maximum atomic E-state index is 12.4. The summed E-state index contributed by atoms with van der Waals surface area (Å²) < 4.78 is 1.63. The number of aromatic nitrogens is 6. The van der Waals surface area contributed by atoms with Crippen LogP contribution in [0.15, 0.2) is 36.5 Å². The molecule has 0 aliphatic heterocycles. The Kier molecular flexibility index (Phi) is 4.87. The lowest BCUT2D eigenvalue weighted by Crippen LogP contribution is -2.12. The summed E-state index contributed by atoms with van der Waals surface area (Å²) in [6.07, 6.45) is 8.75. The molecular formula is C18H16N6OS2. The van der Waals surface area contributed by atoms with E-state index in [2.05, 4.69) is 25.0 Å². The number of hydrogen-bond acceptors (Lipinski definition) is 8. The minimum Gasteiger partial charge on any atom is -0.297 e. The smallest absolute Gasteiger partial charge is 0.161 e. The summed E-state index contributed by atoms with van der Waals surface area (Å²) in [5.74, 6) is 0.0621. The molecule has 0 saturated heterocycles. The highest BCUT2D eigenvalue weighted by atomic mass is 32.1. The van der Waals surface area contributed by atoms with Gasteiger partial charge in [0.15, 0.2) is 5.78 Å². The van der Waals surface area contributed by atoms with Crippen LogP contribution in [-0.2, 0) is 17.8 Å². The topological polar surface area (TPSA) is 86.5 Å². The fourth-order valence-electron chi connectivity index (χ4n) is 2.72. The SMILES string of the molecule is Cc1nc(C)c(-c2csc(CC(=O)Cn3cc(-c4cncnc4)cn3)n2)s1. The van der Waals surface area contributed by atoms with Crippen LogP contribution in [0.4, 0.5) is 0 Å². The molecule has 0 aromatic carbocycles. The zero-order chi connectivity index (χ0) is 18.8. The fraction of sp³-hybridized carbons (Fsp3) is 0.222. The zero-order valence-electron chi connectivity index (χ0n) is 14.8. The van der Waals surface area contributed by atoms with Crippen LogP contribution < -0.4 is 0 Å². The van der Waals surface area contributed by atoms with E-state index in [1.807, 2.05) is 25.4 Å². The van der Waals surface area contributed by atoms with Gasteiger partial charge in [0.05, 0.1) is 40.4 Å². The second-order valence-corrected chi connectivity index (χ2v) is 8.19. The quantitative estimate of drug-likeness (QED) is 0.497. The average molecular weight is 397 g/mol. The summed E-state index contributed by atoms with van der Waals surface area (Å²) in [6.45, 7) is 4.18. The van der Waals surface area contributed by atoms with Gasteiger partial charge in [0, 0.05) is 35.1 Å². The Bertz CT molecular complexity index is 1080. The number of ketones is 1. The third-order valence-electron chi connectivity index (χ3n) is 3.90. The standard InChI is InChI=1S/C18H16N6OS2/c1-11-18(27-12(2)22-11)16-9-26-17(23-16)3-15(25)8-24-7-14(6-21-24)13-4-19-10-20-5-13/h4-7,9-10H,3,8H2,1-2H3. The van der Waals surface area contributed by atoms with Crippen molar-refractivity contribution < 1.29 is 4.79 Å². The summed E-state index contributed by atoms with van der Waals surface area (Å²) in [5, 5.41) is 8.08. The number of rotatable bonds is 6. The van der Waals surface area contributed by atoms with Crippen molar-refractivity contribution in [1.82, 2.24) is 29.7 Å². The Morgan fingerprint density at radius 2 is 1.93 bits per heavy atom. The van der Waals surface area contributed by atoms with Gasteiger partial charge in [-0.3, -0.25) is 9.48 Å². The van der Waals surface area contributed by atoms with Gasteiger partial charge in [0.25, 0.3) is 0 Å². The van der Waals surface area contributed by atoms with Crippen molar-refractivity contribution in [2.24, 2.45) is 0 Å². The van der Waals surface area contributed by atoms with E-state index in [0.717, 1.165) is 37.4 Å². The molecule has 0 N–H and O–H groups in total. The van der Waals surface area contributed by atoms with Crippen LogP contribution in [0.5, 0.6) is 0 Å². The normalized spacial score (nSPS) is 11.0. The van der Waals surface area contributed by atoms with Crippen LogP contribution in [0.1, 0.15) is 15.7 Å². The molecule has 0 bridgehead atoms. The summed E-state index contributed by atoms with van der Waals surface area (Å²) in [5.41, 5.74) is 3.64. The minimum absolute atomic E-state index is 0.0621. The van der Waals surface area contributed by atoms with E-state index in [1.165, 1.54) is 17.7 Å². The lowest BCUT2D eigenvalue weighted by atomic mass is 10.2. The van der Waals surface area contributed by atoms with E-state index in [0.29, 0.717) is 6.42 Å². The predicted octanol–water partition coefficient (Wildman–Crippen LogP) is 3.35. The van der Waals surface area contributed by atoms with Gasteiger partial charge in [0.1, 0.15) is 11.3 Å². The molecule has 4 aromatic rings. The monoisotopic (exact) mass is 396 g/mol. The Morgan fingerprint density at radius 3 is 2.67 bits per heavy atom. The first kappa shape index (κ1) is 17.6. The van der Waals surface area contributed by atoms with Crippen molar-refractivity contribution in [3.05, 3.63) is 52.2 Å². The number of carbonyl (C=O) groups excluding carboxylic acids is 1. The maximum Gasteiger partial charge on any atom is 0.161 e. The van der Waals surface area contributed by atoms with Crippen LogP contribution in [0.2, 0.25) is 0 Å². The van der Waals surface area contributed by atoms with E-state index >= 15 is 0 Å². The molecule has 0 radical (unpaired) electrons. The fourth-order valence-corrected chi connectivity index (χ4v) is 4.49. The third-order valence-corrected chi connectivity index (χ3v) is 5.85. The Balaban J connectivity index is 1.42. The van der Waals surface area contributed by atoms with Crippen molar-refractivity contribution in [3.63, 3.8) is 0 Å². The number of aryl methyl sites for hydroxylation is 2. The molecule has 7 nitrogen and oxygen atoms in total. The molecule has 4 aromatic heterocycles. The van der Waals surface area contributed by atoms with Gasteiger partial charge in [-0.05, 0) is 13.8 Å². The number of thiazole rings is 2. The Hall–Kier alpha value is -2.78. The van der Waals surface area contributed by atoms with Crippen LogP contribution in [0, 0.1) is 13.8 Å². The molecule has 0 fully saturated rings. The van der Waals surface area contributed by atoms with E-state index < -0.39 is 0 Å². The van der Waals surface area contributed by atoms with Crippen LogP contribution in [-0.4, -0.2) is 35.5 Å². The van der Waals surface area contributed by atoms with Crippen LogP contribution in [0.3, 0.4) is 0 Å². The van der Waals surface area contributed by atoms with E-state index in [9.17, 15) is 4.79 Å². The van der Waals surface area contributed by atoms with Gasteiger partial charge in [0.2, 0.25) is 0 Å². The van der Waals surface area contributed by atoms with Crippen molar-refractivity contribution >= 4 is 28.5 Å². The van der Waals surface area contributed by atoms with E-state index in [1.54, 1.807) is 34.6 Å². The van der Waals surface area contributed by atoms with Gasteiger partial charge in [-0.25, -0.2) is 19.9 Å². The molecule has 4 heterocycles. The first-order valence-corrected chi connectivity index (χ1v) is 9.96. The summed E-state index contributed by atoms with van der Waals surface area (Å²) in [7, 11) is 0. The molecule has 136 valence electrons. The van der Waals surface area contributed by atoms with Crippen molar-refractivity contribution in [2.75, 3.05) is 0 Å². The van der Waals surface area contributed by atoms with Gasteiger partial charge in [-0.15, -0.1) is 22.7 Å². The van der Waals surface area contributed by atoms with Gasteiger partial charge in [-0.2, -0.15) is 5.10 Å².